The van der Waals surface area contributed by atoms with Gasteiger partial charge in [0.05, 0.1) is 11.6 Å². The quantitative estimate of drug-likeness (QED) is 0.714. The summed E-state index contributed by atoms with van der Waals surface area (Å²) >= 11 is 0. The van der Waals surface area contributed by atoms with Gasteiger partial charge in [-0.05, 0) is 56.0 Å². The highest BCUT2D eigenvalue weighted by Crippen LogP contribution is 2.30. The zero-order valence-corrected chi connectivity index (χ0v) is 17.5. The molecule has 2 aromatic carbocycles. The van der Waals surface area contributed by atoms with Crippen LogP contribution in [0.4, 0.5) is 18.0 Å². The standard InChI is InChI=1S/C23H28F3N3O/c1-15-6-4-5-7-19(15)12-16(2)27-21-13-29(14-21)22(30)28-17(3)18-8-10-20(11-9-18)23(24,25)26/h4-11,16-17,21,27H,12-14H2,1-3H3,(H,28,30). The number of rotatable bonds is 6. The Morgan fingerprint density at radius 2 is 1.73 bits per heavy atom. The summed E-state index contributed by atoms with van der Waals surface area (Å²) in [4.78, 5) is 14.1. The van der Waals surface area contributed by atoms with Crippen molar-refractivity contribution < 1.29 is 18.0 Å². The smallest absolute Gasteiger partial charge is 0.331 e. The van der Waals surface area contributed by atoms with Crippen LogP contribution in [0.5, 0.6) is 0 Å². The van der Waals surface area contributed by atoms with Crippen molar-refractivity contribution in [1.29, 1.82) is 0 Å². The van der Waals surface area contributed by atoms with Gasteiger partial charge in [-0.3, -0.25) is 0 Å². The summed E-state index contributed by atoms with van der Waals surface area (Å²) in [6.45, 7) is 7.24. The molecule has 3 rings (SSSR count). The molecule has 0 saturated carbocycles. The van der Waals surface area contributed by atoms with Crippen LogP contribution in [0.2, 0.25) is 0 Å². The lowest BCUT2D eigenvalue weighted by atomic mass is 10.0. The SMILES string of the molecule is Cc1ccccc1CC(C)NC1CN(C(=O)NC(C)c2ccc(C(F)(F)F)cc2)C1. The molecule has 7 heteroatoms. The maximum atomic E-state index is 12.7. The second kappa shape index (κ2) is 9.08. The lowest BCUT2D eigenvalue weighted by Crippen LogP contribution is -2.63. The van der Waals surface area contributed by atoms with Gasteiger partial charge in [-0.1, -0.05) is 36.4 Å². The molecule has 0 aliphatic carbocycles. The van der Waals surface area contributed by atoms with Crippen LogP contribution in [0.1, 0.15) is 42.1 Å². The number of alkyl halides is 3. The second-order valence-corrected chi connectivity index (χ2v) is 8.09. The van der Waals surface area contributed by atoms with Crippen LogP contribution in [-0.2, 0) is 12.6 Å². The number of nitrogens with zero attached hydrogens (tertiary/aromatic N) is 1. The summed E-state index contributed by atoms with van der Waals surface area (Å²) in [7, 11) is 0. The van der Waals surface area contributed by atoms with E-state index in [1.54, 1.807) is 11.8 Å². The Hall–Kier alpha value is -2.54. The molecule has 0 radical (unpaired) electrons. The molecular weight excluding hydrogens is 391 g/mol. The van der Waals surface area contributed by atoms with Gasteiger partial charge >= 0.3 is 12.2 Å². The van der Waals surface area contributed by atoms with E-state index in [-0.39, 0.29) is 18.1 Å². The number of carbonyl (C=O) groups excluding carboxylic acids is 1. The Bertz CT molecular complexity index is 861. The number of aryl methyl sites for hydroxylation is 1. The Labute approximate surface area is 175 Å². The van der Waals surface area contributed by atoms with E-state index in [0.29, 0.717) is 24.7 Å². The first-order valence-corrected chi connectivity index (χ1v) is 10.2. The molecule has 2 unspecified atom stereocenters. The zero-order chi connectivity index (χ0) is 21.9. The van der Waals surface area contributed by atoms with E-state index in [9.17, 15) is 18.0 Å². The first kappa shape index (κ1) is 22.2. The van der Waals surface area contributed by atoms with Crippen LogP contribution >= 0.6 is 0 Å². The normalized spacial score (nSPS) is 16.7. The highest BCUT2D eigenvalue weighted by molar-refractivity contribution is 5.75. The van der Waals surface area contributed by atoms with E-state index in [0.717, 1.165) is 18.6 Å². The lowest BCUT2D eigenvalue weighted by Gasteiger charge is -2.41. The molecule has 1 aliphatic heterocycles. The fraction of sp³-hybridized carbons (Fsp3) is 0.435. The number of hydrogen-bond acceptors (Lipinski definition) is 2. The monoisotopic (exact) mass is 419 g/mol. The van der Waals surface area contributed by atoms with E-state index >= 15 is 0 Å². The van der Waals surface area contributed by atoms with Crippen molar-refractivity contribution >= 4 is 6.03 Å². The average Bonchev–Trinajstić information content (AvgIpc) is 2.65. The maximum Gasteiger partial charge on any atom is 0.416 e. The van der Waals surface area contributed by atoms with Gasteiger partial charge < -0.3 is 15.5 Å². The topological polar surface area (TPSA) is 44.4 Å². The Morgan fingerprint density at radius 1 is 1.10 bits per heavy atom. The number of likely N-dealkylation sites (tertiary alicyclic amines) is 1. The number of nitrogens with one attached hydrogen (secondary N) is 2. The first-order valence-electron chi connectivity index (χ1n) is 10.2. The molecule has 162 valence electrons. The van der Waals surface area contributed by atoms with Crippen LogP contribution in [0.15, 0.2) is 48.5 Å². The number of halogens is 3. The summed E-state index contributed by atoms with van der Waals surface area (Å²) < 4.78 is 38.0. The van der Waals surface area contributed by atoms with Crippen molar-refractivity contribution in [2.75, 3.05) is 13.1 Å². The van der Waals surface area contributed by atoms with Gasteiger partial charge in [0.15, 0.2) is 0 Å². The van der Waals surface area contributed by atoms with Crippen molar-refractivity contribution in [2.24, 2.45) is 0 Å². The molecule has 0 spiro atoms. The molecule has 2 aromatic rings. The number of urea groups is 1. The third-order valence-corrected chi connectivity index (χ3v) is 5.55. The summed E-state index contributed by atoms with van der Waals surface area (Å²) in [5.74, 6) is 0. The number of carbonyl (C=O) groups is 1. The van der Waals surface area contributed by atoms with Gasteiger partial charge in [0.2, 0.25) is 0 Å². The minimum Gasteiger partial charge on any atom is -0.331 e. The number of amides is 2. The molecule has 1 heterocycles. The molecule has 2 atom stereocenters. The van der Waals surface area contributed by atoms with Crippen molar-refractivity contribution in [3.63, 3.8) is 0 Å². The van der Waals surface area contributed by atoms with Crippen LogP contribution < -0.4 is 10.6 Å². The van der Waals surface area contributed by atoms with Crippen LogP contribution in [0.3, 0.4) is 0 Å². The van der Waals surface area contributed by atoms with E-state index in [2.05, 4.69) is 36.6 Å². The van der Waals surface area contributed by atoms with Gasteiger partial charge in [-0.15, -0.1) is 0 Å². The molecule has 0 bridgehead atoms. The van der Waals surface area contributed by atoms with Crippen molar-refractivity contribution in [2.45, 2.75) is 51.5 Å². The van der Waals surface area contributed by atoms with E-state index in [4.69, 9.17) is 0 Å². The molecule has 1 saturated heterocycles. The highest BCUT2D eigenvalue weighted by atomic mass is 19.4. The Kier molecular flexibility index (Phi) is 6.71. The lowest BCUT2D eigenvalue weighted by molar-refractivity contribution is -0.137. The summed E-state index contributed by atoms with van der Waals surface area (Å²) in [5.41, 5.74) is 2.54. The second-order valence-electron chi connectivity index (χ2n) is 8.09. The van der Waals surface area contributed by atoms with Crippen LogP contribution in [0, 0.1) is 6.92 Å². The predicted molar refractivity (Wildman–Crippen MR) is 111 cm³/mol. The third-order valence-electron chi connectivity index (χ3n) is 5.55. The molecule has 1 fully saturated rings. The maximum absolute atomic E-state index is 12.7. The predicted octanol–water partition coefficient (Wildman–Crippen LogP) is 4.69. The molecule has 1 aliphatic rings. The summed E-state index contributed by atoms with van der Waals surface area (Å²) in [5, 5.41) is 6.41. The average molecular weight is 419 g/mol. The molecule has 0 aromatic heterocycles. The van der Waals surface area contributed by atoms with E-state index in [1.165, 1.54) is 23.3 Å². The molecular formula is C23H28F3N3O. The number of benzene rings is 2. The highest BCUT2D eigenvalue weighted by Gasteiger charge is 2.32. The fourth-order valence-electron chi connectivity index (χ4n) is 3.70. The van der Waals surface area contributed by atoms with E-state index in [1.807, 2.05) is 12.1 Å². The zero-order valence-electron chi connectivity index (χ0n) is 17.5. The van der Waals surface area contributed by atoms with Crippen LogP contribution in [-0.4, -0.2) is 36.1 Å². The van der Waals surface area contributed by atoms with Gasteiger partial charge in [0.25, 0.3) is 0 Å². The van der Waals surface area contributed by atoms with Crippen molar-refractivity contribution in [1.82, 2.24) is 15.5 Å². The largest absolute Gasteiger partial charge is 0.416 e. The van der Waals surface area contributed by atoms with Crippen molar-refractivity contribution in [3.8, 4) is 0 Å². The van der Waals surface area contributed by atoms with Gasteiger partial charge in [0.1, 0.15) is 0 Å². The number of hydrogen-bond donors (Lipinski definition) is 2. The Balaban J connectivity index is 1.43. The summed E-state index contributed by atoms with van der Waals surface area (Å²) in [6.07, 6.45) is -3.43. The molecule has 4 nitrogen and oxygen atoms in total. The molecule has 2 amide bonds. The molecule has 30 heavy (non-hydrogen) atoms. The Morgan fingerprint density at radius 3 is 2.33 bits per heavy atom. The van der Waals surface area contributed by atoms with Gasteiger partial charge in [-0.25, -0.2) is 4.79 Å². The first-order chi connectivity index (χ1) is 14.1. The van der Waals surface area contributed by atoms with E-state index < -0.39 is 11.7 Å². The third kappa shape index (κ3) is 5.53. The van der Waals surface area contributed by atoms with Gasteiger partial charge in [-0.2, -0.15) is 13.2 Å². The van der Waals surface area contributed by atoms with Gasteiger partial charge in [0, 0.05) is 25.2 Å². The molecule has 2 N–H and O–H groups in total. The minimum absolute atomic E-state index is 0.202. The van der Waals surface area contributed by atoms with Crippen LogP contribution in [0.25, 0.3) is 0 Å². The van der Waals surface area contributed by atoms with Crippen molar-refractivity contribution in [3.05, 3.63) is 70.8 Å². The summed E-state index contributed by atoms with van der Waals surface area (Å²) in [6, 6.07) is 13.2. The minimum atomic E-state index is -4.36. The fourth-order valence-corrected chi connectivity index (χ4v) is 3.70.